The maximum absolute atomic E-state index is 12.1. The lowest BCUT2D eigenvalue weighted by Gasteiger charge is -2.21. The van der Waals surface area contributed by atoms with Crippen molar-refractivity contribution in [3.8, 4) is 10.7 Å². The number of rotatable bonds is 5. The molecule has 0 aliphatic rings. The molecule has 0 spiro atoms. The molecule has 3 N–H and O–H groups in total. The lowest BCUT2D eigenvalue weighted by Crippen LogP contribution is -2.48. The van der Waals surface area contributed by atoms with E-state index in [-0.39, 0.29) is 18.3 Å². The van der Waals surface area contributed by atoms with Crippen molar-refractivity contribution in [2.24, 2.45) is 5.73 Å². The molecule has 0 saturated heterocycles. The lowest BCUT2D eigenvalue weighted by atomic mass is 9.97. The number of carbonyl (C=O) groups is 1. The molecule has 8 heteroatoms. The largest absolute Gasteiger partial charge is 0.318 e. The second-order valence-corrected chi connectivity index (χ2v) is 5.73. The molecular weight excluding hydrogens is 310 g/mol. The average Bonchev–Trinajstić information content (AvgIpc) is 2.88. The van der Waals surface area contributed by atoms with E-state index in [0.29, 0.717) is 16.6 Å². The van der Waals surface area contributed by atoms with Gasteiger partial charge in [-0.15, -0.1) is 22.6 Å². The van der Waals surface area contributed by atoms with Crippen LogP contribution in [-0.4, -0.2) is 26.6 Å². The predicted octanol–water partition coefficient (Wildman–Crippen LogP) is 2.48. The molecule has 1 atom stereocenters. The highest BCUT2D eigenvalue weighted by atomic mass is 35.5. The molecule has 2 rings (SSSR count). The van der Waals surface area contributed by atoms with Crippen molar-refractivity contribution < 1.29 is 4.79 Å². The fourth-order valence-electron chi connectivity index (χ4n) is 1.74. The van der Waals surface area contributed by atoms with Gasteiger partial charge in [-0.3, -0.25) is 15.1 Å². The van der Waals surface area contributed by atoms with Crippen molar-refractivity contribution in [3.05, 3.63) is 24.4 Å². The molecule has 2 heterocycles. The quantitative estimate of drug-likeness (QED) is 0.879. The number of pyridine rings is 1. The van der Waals surface area contributed by atoms with Crippen LogP contribution in [0.4, 0.5) is 5.13 Å². The van der Waals surface area contributed by atoms with Crippen molar-refractivity contribution in [2.75, 3.05) is 5.32 Å². The summed E-state index contributed by atoms with van der Waals surface area (Å²) in [6.07, 6.45) is 3.15. The molecule has 21 heavy (non-hydrogen) atoms. The van der Waals surface area contributed by atoms with Gasteiger partial charge in [-0.05, 0) is 25.5 Å². The minimum absolute atomic E-state index is 0. The molecule has 114 valence electrons. The molecule has 0 fully saturated rings. The first-order valence-electron chi connectivity index (χ1n) is 6.38. The Morgan fingerprint density at radius 3 is 2.81 bits per heavy atom. The van der Waals surface area contributed by atoms with Crippen molar-refractivity contribution in [3.63, 3.8) is 0 Å². The minimum atomic E-state index is -0.897. The summed E-state index contributed by atoms with van der Waals surface area (Å²) in [6.45, 7) is 3.70. The Balaban J connectivity index is 0.00000220. The number of nitrogens with one attached hydrogen (secondary N) is 1. The Hall–Kier alpha value is -1.57. The third-order valence-electron chi connectivity index (χ3n) is 2.82. The van der Waals surface area contributed by atoms with Gasteiger partial charge in [-0.25, -0.2) is 0 Å². The Labute approximate surface area is 133 Å². The molecule has 6 nitrogen and oxygen atoms in total. The summed E-state index contributed by atoms with van der Waals surface area (Å²) in [5.74, 6) is -0.247. The highest BCUT2D eigenvalue weighted by Crippen LogP contribution is 2.25. The lowest BCUT2D eigenvalue weighted by molar-refractivity contribution is -0.120. The van der Waals surface area contributed by atoms with Gasteiger partial charge in [0.15, 0.2) is 5.01 Å². The SMILES string of the molecule is CCCC(C)(N)C(=O)Nc1nnc(-c2ccccn2)s1.Cl. The van der Waals surface area contributed by atoms with E-state index < -0.39 is 5.54 Å². The number of halogens is 1. The molecule has 0 aromatic carbocycles. The van der Waals surface area contributed by atoms with E-state index in [1.807, 2.05) is 25.1 Å². The zero-order valence-corrected chi connectivity index (χ0v) is 13.5. The summed E-state index contributed by atoms with van der Waals surface area (Å²) in [6, 6.07) is 5.55. The van der Waals surface area contributed by atoms with Crippen LogP contribution >= 0.6 is 23.7 Å². The molecule has 0 saturated carbocycles. The fraction of sp³-hybridized carbons (Fsp3) is 0.385. The normalized spacial score (nSPS) is 13.1. The van der Waals surface area contributed by atoms with Crippen molar-refractivity contribution in [1.29, 1.82) is 0 Å². The molecule has 1 amide bonds. The van der Waals surface area contributed by atoms with E-state index in [4.69, 9.17) is 5.73 Å². The Kier molecular flexibility index (Phi) is 6.19. The Morgan fingerprint density at radius 2 is 2.19 bits per heavy atom. The highest BCUT2D eigenvalue weighted by molar-refractivity contribution is 7.18. The van der Waals surface area contributed by atoms with Crippen LogP contribution in [0.2, 0.25) is 0 Å². The van der Waals surface area contributed by atoms with Gasteiger partial charge in [0.2, 0.25) is 11.0 Å². The molecule has 0 aliphatic carbocycles. The van der Waals surface area contributed by atoms with Gasteiger partial charge in [0, 0.05) is 6.20 Å². The molecule has 0 radical (unpaired) electrons. The van der Waals surface area contributed by atoms with Gasteiger partial charge < -0.3 is 5.73 Å². The highest BCUT2D eigenvalue weighted by Gasteiger charge is 2.28. The number of nitrogens with zero attached hydrogens (tertiary/aromatic N) is 3. The zero-order valence-electron chi connectivity index (χ0n) is 11.9. The topological polar surface area (TPSA) is 93.8 Å². The van der Waals surface area contributed by atoms with E-state index in [1.165, 1.54) is 11.3 Å². The molecule has 2 aromatic rings. The van der Waals surface area contributed by atoms with Crippen LogP contribution in [0, 0.1) is 0 Å². The second kappa shape index (κ2) is 7.44. The summed E-state index contributed by atoms with van der Waals surface area (Å²) < 4.78 is 0. The zero-order chi connectivity index (χ0) is 14.6. The number of hydrogen-bond acceptors (Lipinski definition) is 6. The number of aromatic nitrogens is 3. The van der Waals surface area contributed by atoms with Crippen LogP contribution in [0.5, 0.6) is 0 Å². The first-order chi connectivity index (χ1) is 9.53. The van der Waals surface area contributed by atoms with Crippen molar-refractivity contribution in [2.45, 2.75) is 32.2 Å². The molecular formula is C13H18ClN5OS. The fourth-order valence-corrected chi connectivity index (χ4v) is 2.45. The number of anilines is 1. The van der Waals surface area contributed by atoms with Crippen molar-refractivity contribution >= 4 is 34.8 Å². The minimum Gasteiger partial charge on any atom is -0.318 e. The van der Waals surface area contributed by atoms with Gasteiger partial charge in [0.05, 0.1) is 5.54 Å². The molecule has 0 aliphatic heterocycles. The molecule has 1 unspecified atom stereocenters. The Morgan fingerprint density at radius 1 is 1.43 bits per heavy atom. The monoisotopic (exact) mass is 327 g/mol. The number of nitrogens with two attached hydrogens (primary N) is 1. The maximum atomic E-state index is 12.1. The number of amides is 1. The summed E-state index contributed by atoms with van der Waals surface area (Å²) in [4.78, 5) is 16.2. The third-order valence-corrected chi connectivity index (χ3v) is 3.68. The maximum Gasteiger partial charge on any atom is 0.245 e. The van der Waals surface area contributed by atoms with E-state index in [0.717, 1.165) is 12.1 Å². The number of carbonyl (C=O) groups excluding carboxylic acids is 1. The van der Waals surface area contributed by atoms with Crippen molar-refractivity contribution in [1.82, 2.24) is 15.2 Å². The standard InChI is InChI=1S/C13H17N5OS.ClH/c1-3-7-13(2,14)11(19)16-12-18-17-10(20-12)9-6-4-5-8-15-9;/h4-6,8H,3,7,14H2,1-2H3,(H,16,18,19);1H. The first kappa shape index (κ1) is 17.5. The first-order valence-corrected chi connectivity index (χ1v) is 7.20. The summed E-state index contributed by atoms with van der Waals surface area (Å²) in [7, 11) is 0. The van der Waals surface area contributed by atoms with Crippen LogP contribution in [-0.2, 0) is 4.79 Å². The van der Waals surface area contributed by atoms with Gasteiger partial charge in [-0.1, -0.05) is 30.7 Å². The van der Waals surface area contributed by atoms with E-state index in [1.54, 1.807) is 13.1 Å². The molecule has 0 bridgehead atoms. The Bertz CT molecular complexity index is 587. The predicted molar refractivity (Wildman–Crippen MR) is 86.5 cm³/mol. The molecule has 2 aromatic heterocycles. The van der Waals surface area contributed by atoms with Crippen LogP contribution in [0.1, 0.15) is 26.7 Å². The number of hydrogen-bond donors (Lipinski definition) is 2. The summed E-state index contributed by atoms with van der Waals surface area (Å²) in [5.41, 5.74) is 5.80. The van der Waals surface area contributed by atoms with Crippen LogP contribution in [0.15, 0.2) is 24.4 Å². The van der Waals surface area contributed by atoms with E-state index in [2.05, 4.69) is 20.5 Å². The van der Waals surface area contributed by atoms with Crippen LogP contribution in [0.3, 0.4) is 0 Å². The van der Waals surface area contributed by atoms with E-state index in [9.17, 15) is 4.79 Å². The average molecular weight is 328 g/mol. The van der Waals surface area contributed by atoms with Gasteiger partial charge in [-0.2, -0.15) is 0 Å². The second-order valence-electron chi connectivity index (χ2n) is 4.75. The van der Waals surface area contributed by atoms with Crippen LogP contribution in [0.25, 0.3) is 10.7 Å². The summed E-state index contributed by atoms with van der Waals surface area (Å²) >= 11 is 1.28. The smallest absolute Gasteiger partial charge is 0.245 e. The van der Waals surface area contributed by atoms with Crippen LogP contribution < -0.4 is 11.1 Å². The van der Waals surface area contributed by atoms with Gasteiger partial charge in [0.25, 0.3) is 0 Å². The summed E-state index contributed by atoms with van der Waals surface area (Å²) in [5, 5.41) is 11.8. The van der Waals surface area contributed by atoms with Gasteiger partial charge in [0.1, 0.15) is 5.69 Å². The third kappa shape index (κ3) is 4.45. The van der Waals surface area contributed by atoms with E-state index >= 15 is 0 Å². The van der Waals surface area contributed by atoms with Gasteiger partial charge >= 0.3 is 0 Å².